The molecule has 0 aliphatic rings. The molecule has 4 nitrogen and oxygen atoms in total. The molecule has 0 radical (unpaired) electrons. The van der Waals surface area contributed by atoms with Gasteiger partial charge in [0.25, 0.3) is 5.91 Å². The summed E-state index contributed by atoms with van der Waals surface area (Å²) in [6, 6.07) is 13.4. The van der Waals surface area contributed by atoms with Gasteiger partial charge < -0.3 is 10.0 Å². The van der Waals surface area contributed by atoms with Crippen LogP contribution in [0.2, 0.25) is 0 Å². The first-order valence-corrected chi connectivity index (χ1v) is 8.81. The Bertz CT molecular complexity index is 675. The minimum Gasteiger partial charge on any atom is -0.390 e. The third-order valence-corrected chi connectivity index (χ3v) is 4.43. The second-order valence-electron chi connectivity index (χ2n) is 7.10. The number of carbonyl (C=O) groups excluding carboxylic acids is 1. The van der Waals surface area contributed by atoms with E-state index in [1.807, 2.05) is 63.4 Å². The molecular formula is C21H28N2O2. The molecule has 1 amide bonds. The predicted molar refractivity (Wildman–Crippen MR) is 100 cm³/mol. The highest BCUT2D eigenvalue weighted by atomic mass is 16.3. The first kappa shape index (κ1) is 19.1. The summed E-state index contributed by atoms with van der Waals surface area (Å²) in [6.45, 7) is 5.67. The van der Waals surface area contributed by atoms with Gasteiger partial charge in [0, 0.05) is 18.8 Å². The normalized spacial score (nSPS) is 12.7. The fourth-order valence-corrected chi connectivity index (χ4v) is 2.86. The smallest absolute Gasteiger partial charge is 0.254 e. The highest BCUT2D eigenvalue weighted by molar-refractivity contribution is 5.94. The summed E-state index contributed by atoms with van der Waals surface area (Å²) in [7, 11) is 1.83. The zero-order valence-electron chi connectivity index (χ0n) is 15.6. The Morgan fingerprint density at radius 2 is 1.88 bits per heavy atom. The molecule has 0 saturated carbocycles. The van der Waals surface area contributed by atoms with Gasteiger partial charge in [0.2, 0.25) is 0 Å². The zero-order valence-corrected chi connectivity index (χ0v) is 15.6. The van der Waals surface area contributed by atoms with Gasteiger partial charge in [0.15, 0.2) is 0 Å². The maximum Gasteiger partial charge on any atom is 0.254 e. The molecule has 0 saturated heterocycles. The van der Waals surface area contributed by atoms with Crippen molar-refractivity contribution in [2.24, 2.45) is 0 Å². The van der Waals surface area contributed by atoms with Crippen molar-refractivity contribution in [2.75, 3.05) is 7.05 Å². The van der Waals surface area contributed by atoms with Gasteiger partial charge in [0.1, 0.15) is 0 Å². The summed E-state index contributed by atoms with van der Waals surface area (Å²) in [5, 5.41) is 9.82. The Kier molecular flexibility index (Phi) is 6.32. The SMILES string of the molecule is CC[C@H](c1ccccn1)N(C)C(=O)c1ccc(CCC(C)(C)O)cc1. The number of benzene rings is 1. The van der Waals surface area contributed by atoms with E-state index in [0.717, 1.165) is 24.1 Å². The van der Waals surface area contributed by atoms with Crippen molar-refractivity contribution in [2.45, 2.75) is 51.7 Å². The standard InChI is InChI=1S/C21H28N2O2/c1-5-19(18-8-6-7-15-22-18)23(4)20(24)17-11-9-16(10-12-17)13-14-21(2,3)25/h6-12,15,19,25H,5,13-14H2,1-4H3/t19-/m1/s1. The second kappa shape index (κ2) is 8.26. The van der Waals surface area contributed by atoms with Crippen LogP contribution in [0.4, 0.5) is 0 Å². The first-order valence-electron chi connectivity index (χ1n) is 8.81. The first-order chi connectivity index (χ1) is 11.8. The molecule has 2 aromatic rings. The highest BCUT2D eigenvalue weighted by Gasteiger charge is 2.22. The van der Waals surface area contributed by atoms with Gasteiger partial charge in [-0.2, -0.15) is 0 Å². The van der Waals surface area contributed by atoms with Crippen molar-refractivity contribution in [3.63, 3.8) is 0 Å². The number of hydrogen-bond donors (Lipinski definition) is 1. The van der Waals surface area contributed by atoms with Crippen LogP contribution in [0.1, 0.15) is 61.3 Å². The lowest BCUT2D eigenvalue weighted by Gasteiger charge is -2.27. The predicted octanol–water partition coefficient (Wildman–Crippen LogP) is 4.01. The molecule has 0 bridgehead atoms. The van der Waals surface area contributed by atoms with Crippen LogP contribution >= 0.6 is 0 Å². The molecule has 1 heterocycles. The monoisotopic (exact) mass is 340 g/mol. The topological polar surface area (TPSA) is 53.4 Å². The lowest BCUT2D eigenvalue weighted by atomic mass is 9.98. The van der Waals surface area contributed by atoms with Gasteiger partial charge in [-0.15, -0.1) is 0 Å². The molecule has 134 valence electrons. The molecule has 0 unspecified atom stereocenters. The Hall–Kier alpha value is -2.20. The maximum absolute atomic E-state index is 12.8. The minimum absolute atomic E-state index is 0.00783. The largest absolute Gasteiger partial charge is 0.390 e. The van der Waals surface area contributed by atoms with Gasteiger partial charge in [-0.05, 0) is 62.9 Å². The Labute approximate surface area is 150 Å². The summed E-state index contributed by atoms with van der Waals surface area (Å²) >= 11 is 0. The minimum atomic E-state index is -0.675. The molecule has 1 N–H and O–H groups in total. The molecule has 0 aliphatic heterocycles. The van der Waals surface area contributed by atoms with Crippen molar-refractivity contribution in [3.05, 3.63) is 65.5 Å². The van der Waals surface area contributed by atoms with Crippen LogP contribution in [0.15, 0.2) is 48.7 Å². The number of hydrogen-bond acceptors (Lipinski definition) is 3. The van der Waals surface area contributed by atoms with Gasteiger partial charge >= 0.3 is 0 Å². The van der Waals surface area contributed by atoms with E-state index in [1.54, 1.807) is 11.1 Å². The summed E-state index contributed by atoms with van der Waals surface area (Å²) in [5.41, 5.74) is 2.02. The van der Waals surface area contributed by atoms with E-state index in [2.05, 4.69) is 11.9 Å². The maximum atomic E-state index is 12.8. The zero-order chi connectivity index (χ0) is 18.4. The molecule has 0 aliphatic carbocycles. The van der Waals surface area contributed by atoms with Crippen LogP contribution in [0.3, 0.4) is 0 Å². The van der Waals surface area contributed by atoms with E-state index in [4.69, 9.17) is 0 Å². The van der Waals surface area contributed by atoms with Crippen molar-refractivity contribution < 1.29 is 9.90 Å². The van der Waals surface area contributed by atoms with E-state index in [-0.39, 0.29) is 11.9 Å². The van der Waals surface area contributed by atoms with Crippen molar-refractivity contribution in [1.82, 2.24) is 9.88 Å². The van der Waals surface area contributed by atoms with Gasteiger partial charge in [-0.3, -0.25) is 9.78 Å². The van der Waals surface area contributed by atoms with E-state index < -0.39 is 5.60 Å². The second-order valence-corrected chi connectivity index (χ2v) is 7.10. The van der Waals surface area contributed by atoms with E-state index >= 15 is 0 Å². The molecule has 0 spiro atoms. The quantitative estimate of drug-likeness (QED) is 0.828. The fraction of sp³-hybridized carbons (Fsp3) is 0.429. The van der Waals surface area contributed by atoms with Crippen LogP contribution in [0.25, 0.3) is 0 Å². The van der Waals surface area contributed by atoms with E-state index in [9.17, 15) is 9.90 Å². The number of aryl methyl sites for hydroxylation is 1. The number of pyridine rings is 1. The summed E-state index contributed by atoms with van der Waals surface area (Å²) in [4.78, 5) is 19.0. The lowest BCUT2D eigenvalue weighted by molar-refractivity contribution is 0.0708. The Balaban J connectivity index is 2.08. The summed E-state index contributed by atoms with van der Waals surface area (Å²) < 4.78 is 0. The van der Waals surface area contributed by atoms with Gasteiger partial charge in [-0.25, -0.2) is 0 Å². The van der Waals surface area contributed by atoms with Crippen molar-refractivity contribution >= 4 is 5.91 Å². The molecule has 1 aromatic heterocycles. The molecule has 2 rings (SSSR count). The van der Waals surface area contributed by atoms with Crippen LogP contribution in [0, 0.1) is 0 Å². The van der Waals surface area contributed by atoms with Crippen molar-refractivity contribution in [3.8, 4) is 0 Å². The molecule has 25 heavy (non-hydrogen) atoms. The highest BCUT2D eigenvalue weighted by Crippen LogP contribution is 2.23. The molecule has 0 fully saturated rings. The Morgan fingerprint density at radius 3 is 2.40 bits per heavy atom. The van der Waals surface area contributed by atoms with E-state index in [1.165, 1.54) is 0 Å². The number of carbonyl (C=O) groups is 1. The van der Waals surface area contributed by atoms with Crippen LogP contribution in [-0.2, 0) is 6.42 Å². The fourth-order valence-electron chi connectivity index (χ4n) is 2.86. The van der Waals surface area contributed by atoms with Gasteiger partial charge in [0.05, 0.1) is 17.3 Å². The number of amides is 1. The van der Waals surface area contributed by atoms with Crippen LogP contribution in [0.5, 0.6) is 0 Å². The molecule has 1 aromatic carbocycles. The summed E-state index contributed by atoms with van der Waals surface area (Å²) in [6.07, 6.45) is 4.05. The third kappa shape index (κ3) is 5.40. The lowest BCUT2D eigenvalue weighted by Crippen LogP contribution is -2.31. The average Bonchev–Trinajstić information content (AvgIpc) is 2.60. The van der Waals surface area contributed by atoms with E-state index in [0.29, 0.717) is 12.0 Å². The van der Waals surface area contributed by atoms with Gasteiger partial charge in [-0.1, -0.05) is 25.1 Å². The molecule has 4 heteroatoms. The third-order valence-electron chi connectivity index (χ3n) is 4.43. The van der Waals surface area contributed by atoms with Crippen LogP contribution in [-0.4, -0.2) is 33.5 Å². The Morgan fingerprint density at radius 1 is 1.20 bits per heavy atom. The number of nitrogens with zero attached hydrogens (tertiary/aromatic N) is 2. The number of rotatable bonds is 7. The summed E-state index contributed by atoms with van der Waals surface area (Å²) in [5.74, 6) is -0.00783. The number of aliphatic hydroxyl groups is 1. The van der Waals surface area contributed by atoms with Crippen molar-refractivity contribution in [1.29, 1.82) is 0 Å². The van der Waals surface area contributed by atoms with Crippen LogP contribution < -0.4 is 0 Å². The number of aromatic nitrogens is 1. The average molecular weight is 340 g/mol. The molecule has 1 atom stereocenters. The molecular weight excluding hydrogens is 312 g/mol.